The van der Waals surface area contributed by atoms with Crippen molar-refractivity contribution in [1.82, 2.24) is 4.31 Å². The molecule has 21 heavy (non-hydrogen) atoms. The summed E-state index contributed by atoms with van der Waals surface area (Å²) in [5.74, 6) is 5.19. The van der Waals surface area contributed by atoms with E-state index in [2.05, 4.69) is 5.43 Å². The first-order chi connectivity index (χ1) is 9.96. The molecule has 0 aliphatic carbocycles. The predicted octanol–water partition coefficient (Wildman–Crippen LogP) is 0.291. The van der Waals surface area contributed by atoms with Gasteiger partial charge in [0, 0.05) is 25.8 Å². The topological polar surface area (TPSA) is 128 Å². The van der Waals surface area contributed by atoms with E-state index in [0.717, 1.165) is 6.07 Å². The normalized spacial score (nSPS) is 17.2. The lowest BCUT2D eigenvalue weighted by Crippen LogP contribution is -2.33. The molecule has 0 unspecified atom stereocenters. The quantitative estimate of drug-likeness (QED) is 0.464. The van der Waals surface area contributed by atoms with Crippen molar-refractivity contribution in [3.8, 4) is 0 Å². The molecule has 0 aromatic heterocycles. The van der Waals surface area contributed by atoms with Crippen LogP contribution in [0.25, 0.3) is 0 Å². The molecule has 0 amide bonds. The number of nitro groups is 1. The first kappa shape index (κ1) is 15.6. The van der Waals surface area contributed by atoms with Crippen molar-refractivity contribution in [2.45, 2.75) is 11.3 Å². The van der Waals surface area contributed by atoms with Crippen LogP contribution >= 0.6 is 0 Å². The zero-order chi connectivity index (χ0) is 15.5. The molecule has 0 spiro atoms. The van der Waals surface area contributed by atoms with Gasteiger partial charge in [0.05, 0.1) is 17.2 Å². The molecular formula is C11H16N4O5S. The lowest BCUT2D eigenvalue weighted by Gasteiger charge is -2.19. The van der Waals surface area contributed by atoms with Crippen LogP contribution in [-0.4, -0.2) is 43.9 Å². The van der Waals surface area contributed by atoms with Crippen molar-refractivity contribution in [2.75, 3.05) is 31.7 Å². The zero-order valence-electron chi connectivity index (χ0n) is 11.2. The first-order valence-electron chi connectivity index (χ1n) is 6.30. The van der Waals surface area contributed by atoms with E-state index in [4.69, 9.17) is 10.6 Å². The summed E-state index contributed by atoms with van der Waals surface area (Å²) in [7, 11) is -3.94. The predicted molar refractivity (Wildman–Crippen MR) is 75.1 cm³/mol. The van der Waals surface area contributed by atoms with Crippen molar-refractivity contribution in [3.05, 3.63) is 28.3 Å². The van der Waals surface area contributed by atoms with E-state index in [-0.39, 0.29) is 30.3 Å². The van der Waals surface area contributed by atoms with Gasteiger partial charge in [0.25, 0.3) is 5.69 Å². The minimum atomic E-state index is -3.94. The van der Waals surface area contributed by atoms with Gasteiger partial charge >= 0.3 is 0 Å². The molecule has 1 saturated heterocycles. The third kappa shape index (κ3) is 3.29. The molecule has 116 valence electrons. The highest BCUT2D eigenvalue weighted by Crippen LogP contribution is 2.29. The summed E-state index contributed by atoms with van der Waals surface area (Å²) < 4.78 is 31.6. The molecule has 0 saturated carbocycles. The van der Waals surface area contributed by atoms with Crippen molar-refractivity contribution < 1.29 is 18.1 Å². The lowest BCUT2D eigenvalue weighted by molar-refractivity contribution is -0.387. The Hall–Kier alpha value is -1.75. The van der Waals surface area contributed by atoms with Crippen molar-refractivity contribution >= 4 is 21.4 Å². The highest BCUT2D eigenvalue weighted by molar-refractivity contribution is 7.89. The average Bonchev–Trinajstić information content (AvgIpc) is 2.76. The van der Waals surface area contributed by atoms with Crippen LogP contribution in [0.4, 0.5) is 11.4 Å². The number of hydrogen-bond donors (Lipinski definition) is 2. The molecule has 9 nitrogen and oxygen atoms in total. The molecule has 1 aliphatic heterocycles. The fourth-order valence-corrected chi connectivity index (χ4v) is 3.67. The van der Waals surface area contributed by atoms with Crippen LogP contribution in [0.15, 0.2) is 23.1 Å². The number of nitrogen functional groups attached to an aromatic ring is 1. The summed E-state index contributed by atoms with van der Waals surface area (Å²) in [6.45, 7) is 1.20. The summed E-state index contributed by atoms with van der Waals surface area (Å²) in [4.78, 5) is 10.0. The van der Waals surface area contributed by atoms with E-state index in [1.54, 1.807) is 0 Å². The Bertz CT molecular complexity index is 626. The number of rotatable bonds is 4. The highest BCUT2D eigenvalue weighted by Gasteiger charge is 2.32. The van der Waals surface area contributed by atoms with Crippen molar-refractivity contribution in [1.29, 1.82) is 0 Å². The van der Waals surface area contributed by atoms with Gasteiger partial charge in [-0.2, -0.15) is 4.31 Å². The maximum atomic E-state index is 12.6. The van der Waals surface area contributed by atoms with Gasteiger partial charge < -0.3 is 10.2 Å². The number of benzene rings is 1. The summed E-state index contributed by atoms with van der Waals surface area (Å²) in [5, 5.41) is 11.1. The summed E-state index contributed by atoms with van der Waals surface area (Å²) in [6.07, 6.45) is 0.551. The number of ether oxygens (including phenoxy) is 1. The van der Waals surface area contributed by atoms with E-state index in [9.17, 15) is 18.5 Å². The summed E-state index contributed by atoms with van der Waals surface area (Å²) in [5.41, 5.74) is 2.02. The first-order valence-corrected chi connectivity index (χ1v) is 7.74. The van der Waals surface area contributed by atoms with E-state index < -0.39 is 20.6 Å². The monoisotopic (exact) mass is 316 g/mol. The lowest BCUT2D eigenvalue weighted by atomic mass is 10.3. The molecule has 1 fully saturated rings. The van der Waals surface area contributed by atoms with Gasteiger partial charge in [0.1, 0.15) is 0 Å². The van der Waals surface area contributed by atoms with E-state index in [1.165, 1.54) is 16.4 Å². The molecule has 0 bridgehead atoms. The van der Waals surface area contributed by atoms with Crippen LogP contribution in [0, 0.1) is 10.1 Å². The third-order valence-electron chi connectivity index (χ3n) is 3.12. The van der Waals surface area contributed by atoms with Gasteiger partial charge in [-0.25, -0.2) is 8.42 Å². The van der Waals surface area contributed by atoms with Crippen LogP contribution in [0.2, 0.25) is 0 Å². The van der Waals surface area contributed by atoms with Crippen LogP contribution in [0.1, 0.15) is 6.42 Å². The van der Waals surface area contributed by atoms with Crippen LogP contribution in [-0.2, 0) is 14.8 Å². The molecule has 1 aromatic rings. The minimum Gasteiger partial charge on any atom is -0.380 e. The Balaban J connectivity index is 2.45. The molecule has 1 heterocycles. The summed E-state index contributed by atoms with van der Waals surface area (Å²) in [6, 6.07) is 3.67. The minimum absolute atomic E-state index is 0.177. The van der Waals surface area contributed by atoms with Crippen molar-refractivity contribution in [2.24, 2.45) is 5.84 Å². The van der Waals surface area contributed by atoms with Gasteiger partial charge in [0.2, 0.25) is 10.0 Å². The number of nitrogens with one attached hydrogen (secondary N) is 1. The molecule has 1 aliphatic rings. The number of hydrogen-bond acceptors (Lipinski definition) is 7. The van der Waals surface area contributed by atoms with E-state index in [1.807, 2.05) is 0 Å². The van der Waals surface area contributed by atoms with Gasteiger partial charge in [-0.15, -0.1) is 0 Å². The number of hydrazine groups is 1. The molecule has 3 N–H and O–H groups in total. The fraction of sp³-hybridized carbons (Fsp3) is 0.455. The Morgan fingerprint density at radius 2 is 2.10 bits per heavy atom. The fourth-order valence-electron chi connectivity index (χ4n) is 2.07. The molecule has 10 heteroatoms. The average molecular weight is 316 g/mol. The number of nitro benzene ring substituents is 1. The number of anilines is 1. The smallest absolute Gasteiger partial charge is 0.291 e. The van der Waals surface area contributed by atoms with Gasteiger partial charge in [-0.1, -0.05) is 0 Å². The highest BCUT2D eigenvalue weighted by atomic mass is 32.2. The van der Waals surface area contributed by atoms with E-state index in [0.29, 0.717) is 13.0 Å². The van der Waals surface area contributed by atoms with Crippen LogP contribution in [0.5, 0.6) is 0 Å². The van der Waals surface area contributed by atoms with Gasteiger partial charge in [-0.05, 0) is 18.6 Å². The summed E-state index contributed by atoms with van der Waals surface area (Å²) >= 11 is 0. The second-order valence-corrected chi connectivity index (χ2v) is 6.36. The Morgan fingerprint density at radius 3 is 2.76 bits per heavy atom. The Morgan fingerprint density at radius 1 is 1.33 bits per heavy atom. The molecular weight excluding hydrogens is 300 g/mol. The SMILES string of the molecule is NNc1ccc(S(=O)(=O)N2CCCOCC2)c([N+](=O)[O-])c1. The number of sulfonamides is 1. The number of nitrogens with zero attached hydrogens (tertiary/aromatic N) is 2. The zero-order valence-corrected chi connectivity index (χ0v) is 12.0. The maximum absolute atomic E-state index is 12.6. The largest absolute Gasteiger partial charge is 0.380 e. The standard InChI is InChI=1S/C11H16N4O5S/c12-13-9-2-3-11(10(8-9)15(16)17)21(18,19)14-4-1-6-20-7-5-14/h2-3,8,13H,1,4-7,12H2. The van der Waals surface area contributed by atoms with Crippen LogP contribution in [0.3, 0.4) is 0 Å². The van der Waals surface area contributed by atoms with Crippen molar-refractivity contribution in [3.63, 3.8) is 0 Å². The van der Waals surface area contributed by atoms with Crippen LogP contribution < -0.4 is 11.3 Å². The Kier molecular flexibility index (Phi) is 4.73. The second kappa shape index (κ2) is 6.35. The third-order valence-corrected chi connectivity index (χ3v) is 5.07. The van der Waals surface area contributed by atoms with E-state index >= 15 is 0 Å². The molecule has 2 rings (SSSR count). The van der Waals surface area contributed by atoms with Gasteiger partial charge in [0.15, 0.2) is 4.90 Å². The van der Waals surface area contributed by atoms with Gasteiger partial charge in [-0.3, -0.25) is 16.0 Å². The molecule has 1 aromatic carbocycles. The molecule has 0 atom stereocenters. The Labute approximate surface area is 121 Å². The maximum Gasteiger partial charge on any atom is 0.291 e. The number of nitrogens with two attached hydrogens (primary N) is 1. The second-order valence-electron chi connectivity index (χ2n) is 4.45. The molecule has 0 radical (unpaired) electrons.